The number of hydrogen-bond acceptors (Lipinski definition) is 5. The molecule has 0 aliphatic heterocycles. The third-order valence-electron chi connectivity index (χ3n) is 2.99. The fourth-order valence-electron chi connectivity index (χ4n) is 1.81. The van der Waals surface area contributed by atoms with Gasteiger partial charge >= 0.3 is 0 Å². The number of nitrogen functional groups attached to an aromatic ring is 1. The van der Waals surface area contributed by atoms with Crippen molar-refractivity contribution in [3.8, 4) is 0 Å². The zero-order chi connectivity index (χ0) is 14.5. The summed E-state index contributed by atoms with van der Waals surface area (Å²) in [5.41, 5.74) is 6.98. The molecular weight excluding hydrogens is 272 g/mol. The van der Waals surface area contributed by atoms with Crippen molar-refractivity contribution in [3.05, 3.63) is 40.8 Å². The smallest absolute Gasteiger partial charge is 0.267 e. The standard InChI is InChI=1S/C14H18N4OS/c1-16-14-17-12(15)11(20-14)13(19)18(2)9-8-10-6-4-3-5-7-10/h3-7H,8-9,15H2,1-2H3,(H,16,17). The van der Waals surface area contributed by atoms with Gasteiger partial charge in [-0.1, -0.05) is 41.7 Å². The van der Waals surface area contributed by atoms with E-state index in [2.05, 4.69) is 22.4 Å². The lowest BCUT2D eigenvalue weighted by Gasteiger charge is -2.16. The van der Waals surface area contributed by atoms with Crippen molar-refractivity contribution in [2.45, 2.75) is 6.42 Å². The fourth-order valence-corrected chi connectivity index (χ4v) is 2.64. The molecule has 0 spiro atoms. The summed E-state index contributed by atoms with van der Waals surface area (Å²) in [4.78, 5) is 18.6. The Morgan fingerprint density at radius 2 is 2.10 bits per heavy atom. The van der Waals surface area contributed by atoms with Crippen molar-refractivity contribution >= 4 is 28.2 Å². The number of rotatable bonds is 5. The van der Waals surface area contributed by atoms with Gasteiger partial charge in [-0.2, -0.15) is 0 Å². The Kier molecular flexibility index (Phi) is 4.57. The number of nitrogens with two attached hydrogens (primary N) is 1. The topological polar surface area (TPSA) is 71.2 Å². The van der Waals surface area contributed by atoms with E-state index in [0.29, 0.717) is 16.6 Å². The van der Waals surface area contributed by atoms with Gasteiger partial charge in [-0.05, 0) is 12.0 Å². The predicted octanol–water partition coefficient (Wildman–Crippen LogP) is 2.08. The Balaban J connectivity index is 1.99. The quantitative estimate of drug-likeness (QED) is 0.884. The summed E-state index contributed by atoms with van der Waals surface area (Å²) in [6, 6.07) is 10.1. The van der Waals surface area contributed by atoms with E-state index in [1.165, 1.54) is 16.9 Å². The van der Waals surface area contributed by atoms with Gasteiger partial charge in [0.25, 0.3) is 5.91 Å². The zero-order valence-corrected chi connectivity index (χ0v) is 12.4. The molecular formula is C14H18N4OS. The molecule has 0 aliphatic rings. The van der Waals surface area contributed by atoms with Crippen LogP contribution in [0.4, 0.5) is 10.9 Å². The van der Waals surface area contributed by atoms with Crippen LogP contribution >= 0.6 is 11.3 Å². The van der Waals surface area contributed by atoms with Crippen LogP contribution in [0.3, 0.4) is 0 Å². The molecule has 2 aromatic rings. The highest BCUT2D eigenvalue weighted by atomic mass is 32.1. The second-order valence-corrected chi connectivity index (χ2v) is 5.44. The summed E-state index contributed by atoms with van der Waals surface area (Å²) in [6.45, 7) is 0.648. The summed E-state index contributed by atoms with van der Waals surface area (Å²) >= 11 is 1.28. The minimum Gasteiger partial charge on any atom is -0.382 e. The SMILES string of the molecule is CNc1nc(N)c(C(=O)N(C)CCc2ccccc2)s1. The summed E-state index contributed by atoms with van der Waals surface area (Å²) in [6.07, 6.45) is 0.820. The van der Waals surface area contributed by atoms with Crippen molar-refractivity contribution in [3.63, 3.8) is 0 Å². The molecule has 0 fully saturated rings. The van der Waals surface area contributed by atoms with Gasteiger partial charge in [0.05, 0.1) is 0 Å². The number of nitrogens with one attached hydrogen (secondary N) is 1. The average Bonchev–Trinajstić information content (AvgIpc) is 2.86. The second-order valence-electron chi connectivity index (χ2n) is 4.45. The van der Waals surface area contributed by atoms with Gasteiger partial charge in [0.2, 0.25) is 0 Å². The van der Waals surface area contributed by atoms with Gasteiger partial charge in [0.15, 0.2) is 5.13 Å². The molecule has 0 radical (unpaired) electrons. The molecule has 6 heteroatoms. The Labute approximate surface area is 122 Å². The summed E-state index contributed by atoms with van der Waals surface area (Å²) in [5.74, 6) is 0.202. The number of amides is 1. The normalized spacial score (nSPS) is 10.3. The lowest BCUT2D eigenvalue weighted by molar-refractivity contribution is 0.0802. The minimum absolute atomic E-state index is 0.0857. The van der Waals surface area contributed by atoms with Crippen molar-refractivity contribution in [1.29, 1.82) is 0 Å². The lowest BCUT2D eigenvalue weighted by atomic mass is 10.1. The van der Waals surface area contributed by atoms with Crippen molar-refractivity contribution in [2.75, 3.05) is 31.7 Å². The minimum atomic E-state index is -0.0857. The highest BCUT2D eigenvalue weighted by molar-refractivity contribution is 7.18. The van der Waals surface area contributed by atoms with E-state index in [1.54, 1.807) is 19.0 Å². The number of nitrogens with zero attached hydrogens (tertiary/aromatic N) is 2. The van der Waals surface area contributed by atoms with Crippen LogP contribution in [0.5, 0.6) is 0 Å². The molecule has 1 amide bonds. The molecule has 1 heterocycles. The number of carbonyl (C=O) groups excluding carboxylic acids is 1. The van der Waals surface area contributed by atoms with Gasteiger partial charge in [-0.3, -0.25) is 4.79 Å². The highest BCUT2D eigenvalue weighted by Gasteiger charge is 2.19. The third-order valence-corrected chi connectivity index (χ3v) is 4.06. The predicted molar refractivity (Wildman–Crippen MR) is 83.2 cm³/mol. The van der Waals surface area contributed by atoms with Crippen LogP contribution in [-0.2, 0) is 6.42 Å². The maximum atomic E-state index is 12.3. The monoisotopic (exact) mass is 290 g/mol. The van der Waals surface area contributed by atoms with Gasteiger partial charge in [0.1, 0.15) is 10.7 Å². The van der Waals surface area contributed by atoms with Gasteiger partial charge in [0, 0.05) is 20.6 Å². The number of hydrogen-bond donors (Lipinski definition) is 2. The molecule has 0 saturated carbocycles. The third kappa shape index (κ3) is 3.27. The first kappa shape index (κ1) is 14.3. The molecule has 1 aromatic heterocycles. The molecule has 1 aromatic carbocycles. The van der Waals surface area contributed by atoms with Crippen LogP contribution in [0.15, 0.2) is 30.3 Å². The van der Waals surface area contributed by atoms with Crippen LogP contribution in [0.1, 0.15) is 15.2 Å². The summed E-state index contributed by atoms with van der Waals surface area (Å²) in [7, 11) is 3.54. The second kappa shape index (κ2) is 6.38. The molecule has 106 valence electrons. The summed E-state index contributed by atoms with van der Waals surface area (Å²) < 4.78 is 0. The van der Waals surface area contributed by atoms with E-state index in [-0.39, 0.29) is 11.7 Å². The number of anilines is 2. The first-order valence-electron chi connectivity index (χ1n) is 6.35. The molecule has 5 nitrogen and oxygen atoms in total. The molecule has 2 rings (SSSR count). The van der Waals surface area contributed by atoms with E-state index >= 15 is 0 Å². The van der Waals surface area contributed by atoms with E-state index in [0.717, 1.165) is 6.42 Å². The van der Waals surface area contributed by atoms with Crippen molar-refractivity contribution in [2.24, 2.45) is 0 Å². The Morgan fingerprint density at radius 3 is 2.70 bits per heavy atom. The Hall–Kier alpha value is -2.08. The van der Waals surface area contributed by atoms with E-state index < -0.39 is 0 Å². The van der Waals surface area contributed by atoms with Crippen molar-refractivity contribution in [1.82, 2.24) is 9.88 Å². The van der Waals surface area contributed by atoms with Crippen LogP contribution in [0.2, 0.25) is 0 Å². The molecule has 0 saturated heterocycles. The van der Waals surface area contributed by atoms with E-state index in [9.17, 15) is 4.79 Å². The van der Waals surface area contributed by atoms with Gasteiger partial charge in [-0.15, -0.1) is 0 Å². The number of carbonyl (C=O) groups is 1. The van der Waals surface area contributed by atoms with Crippen LogP contribution in [0.25, 0.3) is 0 Å². The number of benzene rings is 1. The fraction of sp³-hybridized carbons (Fsp3) is 0.286. The molecule has 0 bridgehead atoms. The lowest BCUT2D eigenvalue weighted by Crippen LogP contribution is -2.28. The van der Waals surface area contributed by atoms with Crippen LogP contribution in [0, 0.1) is 0 Å². The molecule has 3 N–H and O–H groups in total. The highest BCUT2D eigenvalue weighted by Crippen LogP contribution is 2.25. The Bertz CT molecular complexity index is 582. The molecule has 0 aliphatic carbocycles. The maximum absolute atomic E-state index is 12.3. The molecule has 20 heavy (non-hydrogen) atoms. The number of thiazole rings is 1. The van der Waals surface area contributed by atoms with Crippen LogP contribution in [-0.4, -0.2) is 36.4 Å². The zero-order valence-electron chi connectivity index (χ0n) is 11.6. The van der Waals surface area contributed by atoms with E-state index in [1.807, 2.05) is 18.2 Å². The molecule has 0 unspecified atom stereocenters. The van der Waals surface area contributed by atoms with Crippen LogP contribution < -0.4 is 11.1 Å². The van der Waals surface area contributed by atoms with E-state index in [4.69, 9.17) is 5.73 Å². The summed E-state index contributed by atoms with van der Waals surface area (Å²) in [5, 5.41) is 3.55. The maximum Gasteiger partial charge on any atom is 0.267 e. The largest absolute Gasteiger partial charge is 0.382 e. The number of likely N-dealkylation sites (N-methyl/N-ethyl adjacent to an activating group) is 1. The first-order valence-corrected chi connectivity index (χ1v) is 7.17. The van der Waals surface area contributed by atoms with Crippen molar-refractivity contribution < 1.29 is 4.79 Å². The number of aromatic nitrogens is 1. The van der Waals surface area contributed by atoms with Gasteiger partial charge in [-0.25, -0.2) is 4.98 Å². The Morgan fingerprint density at radius 1 is 1.40 bits per heavy atom. The molecule has 0 atom stereocenters. The average molecular weight is 290 g/mol. The first-order chi connectivity index (χ1) is 9.61. The van der Waals surface area contributed by atoms with Gasteiger partial charge < -0.3 is 16.0 Å².